The molecule has 3 rings (SSSR count). The van der Waals surface area contributed by atoms with Gasteiger partial charge in [-0.05, 0) is 43.2 Å². The van der Waals surface area contributed by atoms with E-state index in [4.69, 9.17) is 4.74 Å². The highest BCUT2D eigenvalue weighted by Crippen LogP contribution is 2.31. The van der Waals surface area contributed by atoms with Crippen LogP contribution in [0.3, 0.4) is 0 Å². The Morgan fingerprint density at radius 2 is 2.00 bits per heavy atom. The molecule has 0 amide bonds. The van der Waals surface area contributed by atoms with E-state index in [0.717, 1.165) is 33.2 Å². The van der Waals surface area contributed by atoms with Gasteiger partial charge in [0, 0.05) is 5.69 Å². The maximum atomic E-state index is 5.54. The van der Waals surface area contributed by atoms with Crippen LogP contribution in [0.5, 0.6) is 5.75 Å². The van der Waals surface area contributed by atoms with Gasteiger partial charge in [-0.2, -0.15) is 0 Å². The standard InChI is InChI=1S/C17H18N2OS/c1-3-12-7-5-6-8-14(12)18-17-19-15-10-9-13(20-4-2)11-16(15)21-17/h5-11H,3-4H2,1-2H3,(H,18,19). The minimum absolute atomic E-state index is 0.680. The van der Waals surface area contributed by atoms with Gasteiger partial charge in [-0.3, -0.25) is 0 Å². The molecule has 1 N–H and O–H groups in total. The van der Waals surface area contributed by atoms with E-state index < -0.39 is 0 Å². The number of fused-ring (bicyclic) bond motifs is 1. The van der Waals surface area contributed by atoms with Gasteiger partial charge >= 0.3 is 0 Å². The number of hydrogen-bond acceptors (Lipinski definition) is 4. The molecule has 0 saturated heterocycles. The van der Waals surface area contributed by atoms with Gasteiger partial charge in [-0.15, -0.1) is 0 Å². The van der Waals surface area contributed by atoms with E-state index in [9.17, 15) is 0 Å². The molecule has 3 aromatic rings. The molecule has 21 heavy (non-hydrogen) atoms. The number of para-hydroxylation sites is 1. The fourth-order valence-electron chi connectivity index (χ4n) is 2.28. The fourth-order valence-corrected chi connectivity index (χ4v) is 3.19. The second kappa shape index (κ2) is 6.14. The number of ether oxygens (including phenoxy) is 1. The first kappa shape index (κ1) is 13.9. The number of aryl methyl sites for hydroxylation is 1. The summed E-state index contributed by atoms with van der Waals surface area (Å²) in [4.78, 5) is 4.64. The molecular formula is C17H18N2OS. The molecule has 0 saturated carbocycles. The number of thiazole rings is 1. The Balaban J connectivity index is 1.90. The molecular weight excluding hydrogens is 280 g/mol. The van der Waals surface area contributed by atoms with Gasteiger partial charge in [-0.1, -0.05) is 36.5 Å². The first-order chi connectivity index (χ1) is 10.3. The van der Waals surface area contributed by atoms with Crippen molar-refractivity contribution in [2.75, 3.05) is 11.9 Å². The number of aromatic nitrogens is 1. The highest BCUT2D eigenvalue weighted by Gasteiger charge is 2.07. The molecule has 108 valence electrons. The molecule has 3 nitrogen and oxygen atoms in total. The molecule has 2 aromatic carbocycles. The third-order valence-electron chi connectivity index (χ3n) is 3.31. The zero-order chi connectivity index (χ0) is 14.7. The molecule has 1 aromatic heterocycles. The monoisotopic (exact) mass is 298 g/mol. The van der Waals surface area contributed by atoms with Crippen LogP contribution in [0, 0.1) is 0 Å². The van der Waals surface area contributed by atoms with Crippen molar-refractivity contribution in [3.63, 3.8) is 0 Å². The summed E-state index contributed by atoms with van der Waals surface area (Å²) in [5.41, 5.74) is 3.43. The van der Waals surface area contributed by atoms with E-state index >= 15 is 0 Å². The summed E-state index contributed by atoms with van der Waals surface area (Å²) in [6.07, 6.45) is 1.00. The van der Waals surface area contributed by atoms with Crippen molar-refractivity contribution in [3.05, 3.63) is 48.0 Å². The number of rotatable bonds is 5. The SMILES string of the molecule is CCOc1ccc2nc(Nc3ccccc3CC)sc2c1. The van der Waals surface area contributed by atoms with Crippen molar-refractivity contribution < 1.29 is 4.74 Å². The Labute approximate surface area is 128 Å². The first-order valence-electron chi connectivity index (χ1n) is 7.18. The Hall–Kier alpha value is -2.07. The Kier molecular flexibility index (Phi) is 4.06. The van der Waals surface area contributed by atoms with E-state index in [0.29, 0.717) is 6.61 Å². The molecule has 0 spiro atoms. The summed E-state index contributed by atoms with van der Waals surface area (Å²) in [6.45, 7) is 4.83. The lowest BCUT2D eigenvalue weighted by atomic mass is 10.1. The third kappa shape index (κ3) is 3.00. The summed E-state index contributed by atoms with van der Waals surface area (Å²) >= 11 is 1.65. The third-order valence-corrected chi connectivity index (χ3v) is 4.24. The van der Waals surface area contributed by atoms with Crippen molar-refractivity contribution in [1.29, 1.82) is 0 Å². The average molecular weight is 298 g/mol. The molecule has 4 heteroatoms. The average Bonchev–Trinajstić information content (AvgIpc) is 2.89. The van der Waals surface area contributed by atoms with Gasteiger partial charge in [0.1, 0.15) is 5.75 Å². The smallest absolute Gasteiger partial charge is 0.188 e. The van der Waals surface area contributed by atoms with Crippen LogP contribution >= 0.6 is 11.3 Å². The molecule has 0 aliphatic carbocycles. The Morgan fingerprint density at radius 3 is 2.81 bits per heavy atom. The van der Waals surface area contributed by atoms with Crippen LogP contribution < -0.4 is 10.1 Å². The van der Waals surface area contributed by atoms with Crippen LogP contribution in [0.1, 0.15) is 19.4 Å². The van der Waals surface area contributed by atoms with Crippen LogP contribution in [0.2, 0.25) is 0 Å². The van der Waals surface area contributed by atoms with E-state index in [1.165, 1.54) is 5.56 Å². The first-order valence-corrected chi connectivity index (χ1v) is 8.00. The molecule has 0 aliphatic rings. The van der Waals surface area contributed by atoms with Crippen molar-refractivity contribution in [2.45, 2.75) is 20.3 Å². The molecule has 1 heterocycles. The number of anilines is 2. The minimum atomic E-state index is 0.680. The summed E-state index contributed by atoms with van der Waals surface area (Å²) < 4.78 is 6.67. The van der Waals surface area contributed by atoms with Crippen LogP contribution in [0.25, 0.3) is 10.2 Å². The molecule has 0 unspecified atom stereocenters. The van der Waals surface area contributed by atoms with Crippen molar-refractivity contribution in [2.24, 2.45) is 0 Å². The topological polar surface area (TPSA) is 34.1 Å². The Bertz CT molecular complexity index is 751. The minimum Gasteiger partial charge on any atom is -0.494 e. The predicted molar refractivity (Wildman–Crippen MR) is 89.9 cm³/mol. The van der Waals surface area contributed by atoms with Crippen molar-refractivity contribution >= 4 is 32.4 Å². The molecule has 0 radical (unpaired) electrons. The van der Waals surface area contributed by atoms with E-state index in [-0.39, 0.29) is 0 Å². The number of hydrogen-bond donors (Lipinski definition) is 1. The van der Waals surface area contributed by atoms with E-state index in [2.05, 4.69) is 35.4 Å². The highest BCUT2D eigenvalue weighted by molar-refractivity contribution is 7.22. The van der Waals surface area contributed by atoms with Crippen LogP contribution in [0.4, 0.5) is 10.8 Å². The maximum Gasteiger partial charge on any atom is 0.188 e. The van der Waals surface area contributed by atoms with Gasteiger partial charge in [0.2, 0.25) is 0 Å². The van der Waals surface area contributed by atoms with Gasteiger partial charge < -0.3 is 10.1 Å². The number of nitrogens with zero attached hydrogens (tertiary/aromatic N) is 1. The zero-order valence-electron chi connectivity index (χ0n) is 12.2. The largest absolute Gasteiger partial charge is 0.494 e. The van der Waals surface area contributed by atoms with E-state index in [1.54, 1.807) is 11.3 Å². The summed E-state index contributed by atoms with van der Waals surface area (Å²) in [7, 11) is 0. The lowest BCUT2D eigenvalue weighted by molar-refractivity contribution is 0.341. The fraction of sp³-hybridized carbons (Fsp3) is 0.235. The second-order valence-electron chi connectivity index (χ2n) is 4.72. The quantitative estimate of drug-likeness (QED) is 0.719. The van der Waals surface area contributed by atoms with Crippen LogP contribution in [-0.4, -0.2) is 11.6 Å². The van der Waals surface area contributed by atoms with Crippen molar-refractivity contribution in [3.8, 4) is 5.75 Å². The highest BCUT2D eigenvalue weighted by atomic mass is 32.1. The number of nitrogens with one attached hydrogen (secondary N) is 1. The van der Waals surface area contributed by atoms with Gasteiger partial charge in [0.05, 0.1) is 16.8 Å². The second-order valence-corrected chi connectivity index (χ2v) is 5.75. The van der Waals surface area contributed by atoms with Crippen molar-refractivity contribution in [1.82, 2.24) is 4.98 Å². The molecule has 0 aliphatic heterocycles. The maximum absolute atomic E-state index is 5.54. The summed E-state index contributed by atoms with van der Waals surface area (Å²) in [6, 6.07) is 14.4. The Morgan fingerprint density at radius 1 is 1.14 bits per heavy atom. The van der Waals surface area contributed by atoms with Gasteiger partial charge in [0.25, 0.3) is 0 Å². The van der Waals surface area contributed by atoms with Crippen LogP contribution in [-0.2, 0) is 6.42 Å². The normalized spacial score (nSPS) is 10.8. The predicted octanol–water partition coefficient (Wildman–Crippen LogP) is 5.00. The van der Waals surface area contributed by atoms with Gasteiger partial charge in [-0.25, -0.2) is 4.98 Å². The van der Waals surface area contributed by atoms with E-state index in [1.807, 2.05) is 31.2 Å². The lowest BCUT2D eigenvalue weighted by Crippen LogP contribution is -1.93. The summed E-state index contributed by atoms with van der Waals surface area (Å²) in [5.74, 6) is 0.897. The summed E-state index contributed by atoms with van der Waals surface area (Å²) in [5, 5.41) is 4.35. The molecule has 0 fully saturated rings. The lowest BCUT2D eigenvalue weighted by Gasteiger charge is -2.07. The zero-order valence-corrected chi connectivity index (χ0v) is 13.0. The van der Waals surface area contributed by atoms with Gasteiger partial charge in [0.15, 0.2) is 5.13 Å². The number of benzene rings is 2. The van der Waals surface area contributed by atoms with Crippen LogP contribution in [0.15, 0.2) is 42.5 Å². The molecule has 0 atom stereocenters. The molecule has 0 bridgehead atoms.